The van der Waals surface area contributed by atoms with Crippen molar-refractivity contribution in [1.29, 1.82) is 0 Å². The van der Waals surface area contributed by atoms with Crippen molar-refractivity contribution in [1.82, 2.24) is 24.2 Å². The van der Waals surface area contributed by atoms with Gasteiger partial charge >= 0.3 is 5.69 Å². The lowest BCUT2D eigenvalue weighted by atomic mass is 9.94. The van der Waals surface area contributed by atoms with Gasteiger partial charge in [-0.2, -0.15) is 5.10 Å². The maximum atomic E-state index is 14.5. The second-order valence-corrected chi connectivity index (χ2v) is 11.9. The van der Waals surface area contributed by atoms with Crippen molar-refractivity contribution in [2.75, 3.05) is 6.54 Å². The zero-order chi connectivity index (χ0) is 28.8. The highest BCUT2D eigenvalue weighted by Crippen LogP contribution is 2.34. The summed E-state index contributed by atoms with van der Waals surface area (Å²) in [5, 5.41) is 18.1. The van der Waals surface area contributed by atoms with Crippen LogP contribution in [0.4, 0.5) is 4.39 Å². The average Bonchev–Trinajstić information content (AvgIpc) is 3.70. The second kappa shape index (κ2) is 11.0. The molecule has 2 aliphatic rings. The number of halogens is 1. The lowest BCUT2D eigenvalue weighted by Gasteiger charge is -2.31. The van der Waals surface area contributed by atoms with Crippen LogP contribution in [0.3, 0.4) is 0 Å². The van der Waals surface area contributed by atoms with E-state index in [1.165, 1.54) is 28.0 Å². The fraction of sp³-hybridized carbons (Fsp3) is 0.448. The summed E-state index contributed by atoms with van der Waals surface area (Å²) in [6.45, 7) is 4.05. The third-order valence-electron chi connectivity index (χ3n) is 8.20. The van der Waals surface area contributed by atoms with E-state index >= 15 is 0 Å². The van der Waals surface area contributed by atoms with Gasteiger partial charge in [0.1, 0.15) is 27.8 Å². The summed E-state index contributed by atoms with van der Waals surface area (Å²) in [6.07, 6.45) is 4.92. The molecule has 41 heavy (non-hydrogen) atoms. The Labute approximate surface area is 239 Å². The Bertz CT molecular complexity index is 1720. The molecule has 2 fully saturated rings. The number of hydrogen-bond acceptors (Lipinski definition) is 7. The quantitative estimate of drug-likeness (QED) is 0.346. The number of nitrogens with zero attached hydrogens (tertiary/aromatic N) is 4. The largest absolute Gasteiger partial charge is 0.393 e. The average molecular weight is 582 g/mol. The van der Waals surface area contributed by atoms with Crippen LogP contribution in [-0.2, 0) is 16.1 Å². The van der Waals surface area contributed by atoms with Crippen molar-refractivity contribution in [3.05, 3.63) is 80.0 Å². The van der Waals surface area contributed by atoms with Gasteiger partial charge in [-0.3, -0.25) is 14.2 Å². The van der Waals surface area contributed by atoms with E-state index in [1.54, 1.807) is 29.2 Å². The van der Waals surface area contributed by atoms with Gasteiger partial charge in [0.15, 0.2) is 0 Å². The molecule has 10 nitrogen and oxygen atoms in total. The SMILES string of the molecule is Cc1ccc(F)cc1[C@H](Cn1c(=O)n([C@H]2CCNC2=O)c(=O)c2c(C)c(-n3cccn3)sc21)OC1CCC(O)CC1. The Hall–Kier alpha value is -3.61. The summed E-state index contributed by atoms with van der Waals surface area (Å²) in [5.74, 6) is -0.791. The summed E-state index contributed by atoms with van der Waals surface area (Å²) in [4.78, 5) is 41.2. The topological polar surface area (TPSA) is 120 Å². The van der Waals surface area contributed by atoms with Crippen molar-refractivity contribution >= 4 is 27.5 Å². The maximum Gasteiger partial charge on any atom is 0.332 e. The van der Waals surface area contributed by atoms with Crippen molar-refractivity contribution in [3.63, 3.8) is 0 Å². The summed E-state index contributed by atoms with van der Waals surface area (Å²) in [6, 6.07) is 5.34. The summed E-state index contributed by atoms with van der Waals surface area (Å²) in [5.41, 5.74) is 0.934. The molecule has 12 heteroatoms. The molecule has 6 rings (SSSR count). The smallest absolute Gasteiger partial charge is 0.332 e. The van der Waals surface area contributed by atoms with E-state index in [1.807, 2.05) is 13.8 Å². The third kappa shape index (κ3) is 5.04. The van der Waals surface area contributed by atoms with Crippen LogP contribution in [0.5, 0.6) is 0 Å². The minimum absolute atomic E-state index is 0.00575. The lowest BCUT2D eigenvalue weighted by Crippen LogP contribution is -2.44. The molecule has 2 atom stereocenters. The Morgan fingerprint density at radius 1 is 1.17 bits per heavy atom. The van der Waals surface area contributed by atoms with Crippen LogP contribution in [0.25, 0.3) is 15.2 Å². The van der Waals surface area contributed by atoms with E-state index in [0.717, 1.165) is 10.1 Å². The predicted octanol–water partition coefficient (Wildman–Crippen LogP) is 3.29. The normalized spacial score (nSPS) is 21.9. The molecule has 4 aromatic rings. The summed E-state index contributed by atoms with van der Waals surface area (Å²) in [7, 11) is 0. The van der Waals surface area contributed by atoms with Crippen LogP contribution in [0, 0.1) is 19.7 Å². The van der Waals surface area contributed by atoms with Gasteiger partial charge in [0.25, 0.3) is 5.56 Å². The van der Waals surface area contributed by atoms with Crippen molar-refractivity contribution in [3.8, 4) is 5.00 Å². The number of ether oxygens (including phenoxy) is 1. The molecule has 1 saturated heterocycles. The highest BCUT2D eigenvalue weighted by Gasteiger charge is 2.33. The molecule has 3 aromatic heterocycles. The van der Waals surface area contributed by atoms with Gasteiger partial charge < -0.3 is 15.2 Å². The molecule has 1 amide bonds. The highest BCUT2D eigenvalue weighted by molar-refractivity contribution is 7.21. The molecular weight excluding hydrogens is 549 g/mol. The molecule has 1 aromatic carbocycles. The third-order valence-corrected chi connectivity index (χ3v) is 9.50. The molecule has 0 radical (unpaired) electrons. The van der Waals surface area contributed by atoms with E-state index in [4.69, 9.17) is 4.74 Å². The lowest BCUT2D eigenvalue weighted by molar-refractivity contribution is -0.122. The minimum atomic E-state index is -0.923. The van der Waals surface area contributed by atoms with Crippen LogP contribution < -0.4 is 16.6 Å². The monoisotopic (exact) mass is 581 g/mol. The molecule has 4 heterocycles. The van der Waals surface area contributed by atoms with E-state index in [9.17, 15) is 23.9 Å². The van der Waals surface area contributed by atoms with E-state index < -0.39 is 29.2 Å². The van der Waals surface area contributed by atoms with Crippen molar-refractivity contribution < 1.29 is 19.0 Å². The minimum Gasteiger partial charge on any atom is -0.393 e. The second-order valence-electron chi connectivity index (χ2n) is 10.9. The molecular formula is C29H32FN5O5S. The van der Waals surface area contributed by atoms with Gasteiger partial charge in [0.05, 0.1) is 24.1 Å². The van der Waals surface area contributed by atoms with Crippen molar-refractivity contribution in [2.24, 2.45) is 0 Å². The predicted molar refractivity (Wildman–Crippen MR) is 152 cm³/mol. The van der Waals surface area contributed by atoms with Crippen LogP contribution in [0.2, 0.25) is 0 Å². The summed E-state index contributed by atoms with van der Waals surface area (Å²) >= 11 is 1.27. The first kappa shape index (κ1) is 27.6. The number of aromatic nitrogens is 4. The van der Waals surface area contributed by atoms with Gasteiger partial charge in [-0.15, -0.1) is 0 Å². The highest BCUT2D eigenvalue weighted by atomic mass is 32.1. The van der Waals surface area contributed by atoms with E-state index in [2.05, 4.69) is 10.4 Å². The van der Waals surface area contributed by atoms with Crippen LogP contribution in [0.15, 0.2) is 46.2 Å². The number of carbonyl (C=O) groups is 1. The zero-order valence-electron chi connectivity index (χ0n) is 22.9. The first-order valence-corrected chi connectivity index (χ1v) is 14.7. The number of rotatable bonds is 7. The molecule has 2 N–H and O–H groups in total. The first-order valence-electron chi connectivity index (χ1n) is 13.9. The van der Waals surface area contributed by atoms with Gasteiger partial charge in [0.2, 0.25) is 5.91 Å². The fourth-order valence-corrected chi connectivity index (χ4v) is 7.22. The number of amides is 1. The number of thiophene rings is 1. The van der Waals surface area contributed by atoms with E-state index in [-0.39, 0.29) is 24.7 Å². The first-order chi connectivity index (χ1) is 19.7. The number of aliphatic hydroxyl groups is 1. The number of aliphatic hydroxyl groups excluding tert-OH is 1. The Morgan fingerprint density at radius 2 is 1.95 bits per heavy atom. The van der Waals surface area contributed by atoms with Crippen molar-refractivity contribution in [2.45, 2.75) is 76.9 Å². The maximum absolute atomic E-state index is 14.5. The van der Waals surface area contributed by atoms with Gasteiger partial charge in [0, 0.05) is 24.5 Å². The number of aryl methyl sites for hydroxylation is 2. The molecule has 0 unspecified atom stereocenters. The van der Waals surface area contributed by atoms with Crippen LogP contribution in [-0.4, -0.2) is 48.7 Å². The number of carbonyl (C=O) groups excluding carboxylic acids is 1. The number of nitrogens with one attached hydrogen (secondary N) is 1. The number of hydrogen-bond donors (Lipinski definition) is 2. The van der Waals surface area contributed by atoms with Crippen LogP contribution >= 0.6 is 11.3 Å². The summed E-state index contributed by atoms with van der Waals surface area (Å²) < 4.78 is 25.3. The molecule has 1 saturated carbocycles. The van der Waals surface area contributed by atoms with Gasteiger partial charge in [-0.1, -0.05) is 17.4 Å². The molecule has 1 aliphatic heterocycles. The molecule has 216 valence electrons. The van der Waals surface area contributed by atoms with Gasteiger partial charge in [-0.25, -0.2) is 18.4 Å². The standard InChI is InChI=1S/C29H32FN5O5S/c1-16-4-5-18(30)14-21(16)23(40-20-8-6-19(36)7-9-20)15-33-28-24(17(2)27(41-28)34-13-3-11-32-34)26(38)35(29(33)39)22-10-12-31-25(22)37/h3-5,11,13-14,19-20,22-23,36H,6-10,12,15H2,1-2H3,(H,31,37)/t19?,20?,22-,23-/m0/s1. The van der Waals surface area contributed by atoms with Gasteiger partial charge in [-0.05, 0) is 75.3 Å². The Balaban J connectivity index is 1.54. The van der Waals surface area contributed by atoms with Crippen LogP contribution in [0.1, 0.15) is 60.9 Å². The number of fused-ring (bicyclic) bond motifs is 1. The number of benzene rings is 1. The molecule has 0 bridgehead atoms. The molecule has 0 spiro atoms. The van der Waals surface area contributed by atoms with E-state index in [0.29, 0.717) is 65.0 Å². The fourth-order valence-electron chi connectivity index (χ4n) is 5.98. The Kier molecular flexibility index (Phi) is 7.39. The molecule has 1 aliphatic carbocycles. The Morgan fingerprint density at radius 3 is 2.63 bits per heavy atom. The zero-order valence-corrected chi connectivity index (χ0v) is 23.7.